The van der Waals surface area contributed by atoms with E-state index in [1.807, 2.05) is 0 Å². The Morgan fingerprint density at radius 3 is 1.38 bits per heavy atom. The van der Waals surface area contributed by atoms with E-state index in [1.165, 1.54) is 13.8 Å². The Hall–Kier alpha value is -0.629. The number of carbonyl (C=O) groups excluding carboxylic acids is 3. The second-order valence-corrected chi connectivity index (χ2v) is 5.08. The summed E-state index contributed by atoms with van der Waals surface area (Å²) in [4.78, 5) is 29.8. The summed E-state index contributed by atoms with van der Waals surface area (Å²) in [6.45, 7) is 3.59. The summed E-state index contributed by atoms with van der Waals surface area (Å²) in [5, 5.41) is 0. The zero-order valence-corrected chi connectivity index (χ0v) is 13.4. The zero-order valence-electron chi connectivity index (χ0n) is 8.71. The second kappa shape index (κ2) is 10.9. The summed E-state index contributed by atoms with van der Waals surface area (Å²) < 4.78 is 31.5. The fraction of sp³-hybridized carbons (Fsp3) is 0.500. The molecular formula is C6H9GeO8Sb. The van der Waals surface area contributed by atoms with E-state index in [0.29, 0.717) is 0 Å². The van der Waals surface area contributed by atoms with Gasteiger partial charge < -0.3 is 0 Å². The minimum absolute atomic E-state index is 0.406. The summed E-state index contributed by atoms with van der Waals surface area (Å²) in [6, 6.07) is 0. The Kier molecular flexibility index (Phi) is 12.1. The number of carbonyl (C=O) groups is 3. The van der Waals surface area contributed by atoms with Crippen molar-refractivity contribution in [2.75, 3.05) is 0 Å². The van der Waals surface area contributed by atoms with Crippen molar-refractivity contribution in [3.05, 3.63) is 0 Å². The van der Waals surface area contributed by atoms with E-state index in [1.54, 1.807) is 0 Å². The first-order valence-corrected chi connectivity index (χ1v) is 8.52. The van der Waals surface area contributed by atoms with E-state index < -0.39 is 54.6 Å². The molecular weight excluding hydrogens is 394 g/mol. The van der Waals surface area contributed by atoms with Crippen LogP contribution in [0.4, 0.5) is 0 Å². The van der Waals surface area contributed by atoms with Crippen molar-refractivity contribution in [1.82, 2.24) is 0 Å². The van der Waals surface area contributed by atoms with Crippen LogP contribution in [-0.4, -0.2) is 54.6 Å². The zero-order chi connectivity index (χ0) is 13.1. The first kappa shape index (κ1) is 17.8. The quantitative estimate of drug-likeness (QED) is 0.554. The summed E-state index contributed by atoms with van der Waals surface area (Å²) >= 11 is -5.20. The van der Waals surface area contributed by atoms with Gasteiger partial charge in [-0.05, 0) is 0 Å². The van der Waals surface area contributed by atoms with Gasteiger partial charge in [0.2, 0.25) is 0 Å². The molecule has 0 unspecified atom stereocenters. The SMILES string of the molecule is CC(=O)[O][Ge][O]C(C)=O.CC(=O)[O][Sb](=[O])=[O]. The van der Waals surface area contributed by atoms with Gasteiger partial charge in [0, 0.05) is 0 Å². The maximum absolute atomic E-state index is 10.0. The van der Waals surface area contributed by atoms with Gasteiger partial charge in [-0.3, -0.25) is 0 Å². The molecule has 10 heteroatoms. The van der Waals surface area contributed by atoms with E-state index in [2.05, 4.69) is 10.5 Å². The average Bonchev–Trinajstić information content (AvgIpc) is 2.00. The third-order valence-electron chi connectivity index (χ3n) is 0.574. The molecule has 90 valence electrons. The van der Waals surface area contributed by atoms with Gasteiger partial charge in [-0.2, -0.15) is 0 Å². The summed E-state index contributed by atoms with van der Waals surface area (Å²) in [7, 11) is 0. The van der Waals surface area contributed by atoms with Crippen molar-refractivity contribution >= 4 is 54.6 Å². The molecule has 0 aromatic heterocycles. The van der Waals surface area contributed by atoms with Gasteiger partial charge in [0.15, 0.2) is 0 Å². The minimum atomic E-state index is -3.93. The molecule has 0 bridgehead atoms. The van der Waals surface area contributed by atoms with E-state index in [-0.39, 0.29) is 0 Å². The maximum atomic E-state index is 10.0. The van der Waals surface area contributed by atoms with Crippen molar-refractivity contribution < 1.29 is 31.0 Å². The first-order valence-electron chi connectivity index (χ1n) is 3.68. The van der Waals surface area contributed by atoms with E-state index in [0.717, 1.165) is 6.92 Å². The van der Waals surface area contributed by atoms with Gasteiger partial charge in [0.1, 0.15) is 0 Å². The van der Waals surface area contributed by atoms with Crippen molar-refractivity contribution in [1.29, 1.82) is 0 Å². The van der Waals surface area contributed by atoms with Crippen molar-refractivity contribution in [3.63, 3.8) is 0 Å². The van der Waals surface area contributed by atoms with E-state index in [4.69, 9.17) is 0 Å². The van der Waals surface area contributed by atoms with Crippen molar-refractivity contribution in [2.45, 2.75) is 20.8 Å². The Morgan fingerprint density at radius 1 is 0.875 bits per heavy atom. The molecule has 0 aromatic carbocycles. The van der Waals surface area contributed by atoms with Crippen LogP contribution < -0.4 is 0 Å². The summed E-state index contributed by atoms with van der Waals surface area (Å²) in [5.74, 6) is -1.57. The average molecular weight is 404 g/mol. The number of hydrogen-bond acceptors (Lipinski definition) is 8. The fourth-order valence-electron chi connectivity index (χ4n) is 0.243. The van der Waals surface area contributed by atoms with Crippen LogP contribution in [0.3, 0.4) is 0 Å². The molecule has 0 heterocycles. The van der Waals surface area contributed by atoms with Gasteiger partial charge in [0.05, 0.1) is 0 Å². The van der Waals surface area contributed by atoms with Gasteiger partial charge in [-0.25, -0.2) is 0 Å². The standard InChI is InChI=1S/C4H6GeO4.C2H4O2.2O.Sb/c1-3(6)8-5-9-4(2)7;1-2(3)4;;;/h1-2H3;1H3,(H,3,4);;;/q;;;;+1/p-1. The number of rotatable bonds is 3. The van der Waals surface area contributed by atoms with Gasteiger partial charge >= 0.3 is 106 Å². The molecule has 0 saturated heterocycles. The van der Waals surface area contributed by atoms with Crippen LogP contribution in [0, 0.1) is 0 Å². The van der Waals surface area contributed by atoms with Gasteiger partial charge in [0.25, 0.3) is 0 Å². The van der Waals surface area contributed by atoms with Crippen LogP contribution in [-0.2, 0) is 31.0 Å². The summed E-state index contributed by atoms with van der Waals surface area (Å²) in [6.07, 6.45) is 0. The normalized spacial score (nSPS) is 7.94. The Morgan fingerprint density at radius 2 is 1.25 bits per heavy atom. The Bertz CT molecular complexity index is 300. The molecule has 2 radical (unpaired) electrons. The molecule has 8 nitrogen and oxygen atoms in total. The molecule has 16 heavy (non-hydrogen) atoms. The van der Waals surface area contributed by atoms with Crippen LogP contribution in [0.5, 0.6) is 0 Å². The first-order chi connectivity index (χ1) is 7.25. The van der Waals surface area contributed by atoms with Crippen molar-refractivity contribution in [2.24, 2.45) is 0 Å². The molecule has 0 fully saturated rings. The Labute approximate surface area is 106 Å². The third kappa shape index (κ3) is 23.3. The molecule has 0 aromatic rings. The van der Waals surface area contributed by atoms with Crippen LogP contribution in [0.25, 0.3) is 0 Å². The van der Waals surface area contributed by atoms with Crippen molar-refractivity contribution in [3.8, 4) is 0 Å². The van der Waals surface area contributed by atoms with Crippen LogP contribution in [0.15, 0.2) is 0 Å². The topological polar surface area (TPSA) is 113 Å². The Balaban J connectivity index is 0. The predicted octanol–water partition coefficient (Wildman–Crippen LogP) is -0.958. The summed E-state index contributed by atoms with van der Waals surface area (Å²) in [5.41, 5.74) is 0. The van der Waals surface area contributed by atoms with Crippen LogP contribution in [0.2, 0.25) is 0 Å². The number of hydrogen-bond donors (Lipinski definition) is 0. The molecule has 0 N–H and O–H groups in total. The molecule has 0 amide bonds. The van der Waals surface area contributed by atoms with E-state index in [9.17, 15) is 20.4 Å². The second-order valence-electron chi connectivity index (χ2n) is 2.08. The molecule has 0 rings (SSSR count). The van der Waals surface area contributed by atoms with Gasteiger partial charge in [-0.1, -0.05) is 0 Å². The molecule has 0 atom stereocenters. The predicted molar refractivity (Wildman–Crippen MR) is 48.2 cm³/mol. The van der Waals surface area contributed by atoms with Crippen LogP contribution >= 0.6 is 0 Å². The fourth-order valence-corrected chi connectivity index (χ4v) is 1.42. The van der Waals surface area contributed by atoms with E-state index >= 15 is 0 Å². The molecule has 0 aliphatic heterocycles. The monoisotopic (exact) mass is 404 g/mol. The molecule has 0 saturated carbocycles. The van der Waals surface area contributed by atoms with Gasteiger partial charge in [-0.15, -0.1) is 0 Å². The molecule has 0 aliphatic rings. The van der Waals surface area contributed by atoms with Crippen LogP contribution in [0.1, 0.15) is 20.8 Å². The third-order valence-corrected chi connectivity index (χ3v) is 3.29. The molecule has 0 aliphatic carbocycles. The molecule has 0 spiro atoms.